The topological polar surface area (TPSA) is 59.2 Å². The number of para-hydroxylation sites is 1. The van der Waals surface area contributed by atoms with Crippen molar-refractivity contribution in [3.63, 3.8) is 0 Å². The Bertz CT molecular complexity index is 1430. The molecule has 2 aliphatic rings. The number of aromatic nitrogens is 1. The summed E-state index contributed by atoms with van der Waals surface area (Å²) in [6, 6.07) is 20.6. The molecular formula is C25H14BrNO3. The van der Waals surface area contributed by atoms with E-state index in [2.05, 4.69) is 20.9 Å². The Labute approximate surface area is 180 Å². The van der Waals surface area contributed by atoms with Gasteiger partial charge in [0.1, 0.15) is 5.75 Å². The van der Waals surface area contributed by atoms with E-state index in [1.807, 2.05) is 48.7 Å². The van der Waals surface area contributed by atoms with Gasteiger partial charge in [-0.2, -0.15) is 0 Å². The van der Waals surface area contributed by atoms with Gasteiger partial charge in [0.2, 0.25) is 5.78 Å². The molecule has 144 valence electrons. The number of halogens is 1. The van der Waals surface area contributed by atoms with Crippen LogP contribution in [0.4, 0.5) is 0 Å². The molecule has 1 aromatic heterocycles. The maximum Gasteiger partial charge on any atom is 0.229 e. The Morgan fingerprint density at radius 2 is 1.57 bits per heavy atom. The van der Waals surface area contributed by atoms with Gasteiger partial charge in [0.25, 0.3) is 0 Å². The number of fused-ring (bicyclic) bond motifs is 3. The molecule has 0 spiro atoms. The number of H-pyrrole nitrogens is 1. The lowest BCUT2D eigenvalue weighted by Gasteiger charge is -2.32. The number of ether oxygens (including phenoxy) is 1. The molecule has 3 aromatic carbocycles. The number of Topliss-reactive ketones (excluding diaryl/α,β-unsaturated/α-hetero) is 2. The summed E-state index contributed by atoms with van der Waals surface area (Å²) in [4.78, 5) is 30.2. The van der Waals surface area contributed by atoms with Crippen LogP contribution in [0.25, 0.3) is 10.9 Å². The van der Waals surface area contributed by atoms with Crippen LogP contribution in [0.15, 0.2) is 88.7 Å². The van der Waals surface area contributed by atoms with Crippen LogP contribution >= 0.6 is 15.9 Å². The van der Waals surface area contributed by atoms with Gasteiger partial charge < -0.3 is 9.72 Å². The first-order valence-corrected chi connectivity index (χ1v) is 10.4. The van der Waals surface area contributed by atoms with E-state index in [1.54, 1.807) is 24.3 Å². The molecule has 0 amide bonds. The van der Waals surface area contributed by atoms with Crippen molar-refractivity contribution in [3.05, 3.63) is 111 Å². The number of hydrogen-bond donors (Lipinski definition) is 1. The normalized spacial score (nSPS) is 17.4. The zero-order valence-corrected chi connectivity index (χ0v) is 17.2. The third kappa shape index (κ3) is 2.33. The molecule has 1 aliphatic heterocycles. The van der Waals surface area contributed by atoms with E-state index in [4.69, 9.17) is 4.74 Å². The molecule has 0 bridgehead atoms. The number of aromatic amines is 1. The molecule has 4 nitrogen and oxygen atoms in total. The molecule has 0 saturated heterocycles. The van der Waals surface area contributed by atoms with Gasteiger partial charge in [0.15, 0.2) is 11.5 Å². The van der Waals surface area contributed by atoms with Crippen molar-refractivity contribution in [1.29, 1.82) is 0 Å². The Kier molecular flexibility index (Phi) is 3.65. The highest BCUT2D eigenvalue weighted by molar-refractivity contribution is 9.10. The van der Waals surface area contributed by atoms with E-state index in [0.717, 1.165) is 26.5 Å². The molecule has 6 rings (SSSR count). The molecule has 1 atom stereocenters. The number of ketones is 2. The van der Waals surface area contributed by atoms with Crippen LogP contribution in [0.2, 0.25) is 0 Å². The average molecular weight is 456 g/mol. The van der Waals surface area contributed by atoms with Crippen LogP contribution in [0, 0.1) is 0 Å². The number of hydrogen-bond acceptors (Lipinski definition) is 3. The second-order valence-corrected chi connectivity index (χ2v) is 8.37. The van der Waals surface area contributed by atoms with Crippen molar-refractivity contribution in [1.82, 2.24) is 4.98 Å². The fourth-order valence-electron chi connectivity index (χ4n) is 4.49. The van der Waals surface area contributed by atoms with Crippen LogP contribution in [-0.4, -0.2) is 16.6 Å². The fraction of sp³-hybridized carbons (Fsp3) is 0.0400. The molecule has 1 N–H and O–H groups in total. The van der Waals surface area contributed by atoms with E-state index in [0.29, 0.717) is 22.4 Å². The fourth-order valence-corrected chi connectivity index (χ4v) is 4.87. The number of carbonyl (C=O) groups is 2. The highest BCUT2D eigenvalue weighted by atomic mass is 79.9. The zero-order chi connectivity index (χ0) is 20.4. The standard InChI is InChI=1S/C25H14BrNO3/c26-13-9-10-20-17(11-13)21(18-12-27-19-8-4-3-5-14(18)19)22-23(28)15-6-1-2-7-16(15)24(29)25(22)30-20/h1-12,21,27H. The van der Waals surface area contributed by atoms with Gasteiger partial charge >= 0.3 is 0 Å². The van der Waals surface area contributed by atoms with Gasteiger partial charge in [-0.05, 0) is 29.8 Å². The maximum absolute atomic E-state index is 13.6. The van der Waals surface area contributed by atoms with Crippen LogP contribution < -0.4 is 4.74 Å². The minimum Gasteiger partial charge on any atom is -0.452 e. The van der Waals surface area contributed by atoms with Crippen molar-refractivity contribution >= 4 is 38.4 Å². The predicted molar refractivity (Wildman–Crippen MR) is 117 cm³/mol. The van der Waals surface area contributed by atoms with E-state index in [-0.39, 0.29) is 17.3 Å². The largest absolute Gasteiger partial charge is 0.452 e. The van der Waals surface area contributed by atoms with Gasteiger partial charge in [-0.3, -0.25) is 9.59 Å². The summed E-state index contributed by atoms with van der Waals surface area (Å²) < 4.78 is 6.93. The Morgan fingerprint density at radius 3 is 2.40 bits per heavy atom. The number of carbonyl (C=O) groups excluding carboxylic acids is 2. The Balaban J connectivity index is 1.68. The maximum atomic E-state index is 13.6. The molecule has 2 heterocycles. The van der Waals surface area contributed by atoms with Crippen molar-refractivity contribution in [2.24, 2.45) is 0 Å². The second kappa shape index (κ2) is 6.28. The summed E-state index contributed by atoms with van der Waals surface area (Å²) in [6.45, 7) is 0. The smallest absolute Gasteiger partial charge is 0.229 e. The Morgan fingerprint density at radius 1 is 0.833 bits per heavy atom. The van der Waals surface area contributed by atoms with Gasteiger partial charge in [-0.25, -0.2) is 0 Å². The van der Waals surface area contributed by atoms with Crippen LogP contribution in [0.5, 0.6) is 5.75 Å². The number of nitrogens with one attached hydrogen (secondary N) is 1. The first-order chi connectivity index (χ1) is 14.6. The number of allylic oxidation sites excluding steroid dienone is 2. The first-order valence-electron chi connectivity index (χ1n) is 9.59. The SMILES string of the molecule is O=C1C2=C(C(=O)c3ccccc31)C(c1c[nH]c3ccccc13)c1cc(Br)ccc1O2. The van der Waals surface area contributed by atoms with E-state index in [9.17, 15) is 9.59 Å². The summed E-state index contributed by atoms with van der Waals surface area (Å²) in [5.74, 6) is -0.113. The minimum atomic E-state index is -0.415. The third-order valence-corrected chi connectivity index (χ3v) is 6.32. The molecule has 30 heavy (non-hydrogen) atoms. The van der Waals surface area contributed by atoms with Crippen LogP contribution in [0.3, 0.4) is 0 Å². The van der Waals surface area contributed by atoms with Gasteiger partial charge in [0, 0.05) is 44.2 Å². The molecule has 0 saturated carbocycles. The molecule has 0 fully saturated rings. The third-order valence-electron chi connectivity index (χ3n) is 5.83. The number of benzene rings is 3. The Hall–Kier alpha value is -3.44. The first kappa shape index (κ1) is 17.4. The second-order valence-electron chi connectivity index (χ2n) is 7.45. The lowest BCUT2D eigenvalue weighted by molar-refractivity contribution is 0.0927. The molecular weight excluding hydrogens is 442 g/mol. The van der Waals surface area contributed by atoms with Crippen molar-refractivity contribution in [3.8, 4) is 5.75 Å². The van der Waals surface area contributed by atoms with Crippen LogP contribution in [0.1, 0.15) is 37.8 Å². The minimum absolute atomic E-state index is 0.129. The van der Waals surface area contributed by atoms with Crippen molar-refractivity contribution in [2.45, 2.75) is 5.92 Å². The van der Waals surface area contributed by atoms with Crippen molar-refractivity contribution < 1.29 is 14.3 Å². The highest BCUT2D eigenvalue weighted by Crippen LogP contribution is 2.49. The zero-order valence-electron chi connectivity index (χ0n) is 15.6. The van der Waals surface area contributed by atoms with Crippen LogP contribution in [-0.2, 0) is 0 Å². The van der Waals surface area contributed by atoms with Gasteiger partial charge in [-0.15, -0.1) is 0 Å². The summed E-state index contributed by atoms with van der Waals surface area (Å²) in [7, 11) is 0. The van der Waals surface area contributed by atoms with E-state index in [1.165, 1.54) is 0 Å². The molecule has 1 aliphatic carbocycles. The molecule has 5 heteroatoms. The summed E-state index contributed by atoms with van der Waals surface area (Å²) in [5, 5.41) is 1.02. The van der Waals surface area contributed by atoms with E-state index < -0.39 is 5.92 Å². The number of rotatable bonds is 1. The summed E-state index contributed by atoms with van der Waals surface area (Å²) >= 11 is 3.54. The van der Waals surface area contributed by atoms with Gasteiger partial charge in [0.05, 0.1) is 5.57 Å². The lowest BCUT2D eigenvalue weighted by Crippen LogP contribution is -2.31. The summed E-state index contributed by atoms with van der Waals surface area (Å²) in [6.07, 6.45) is 1.92. The quantitative estimate of drug-likeness (QED) is 0.395. The lowest BCUT2D eigenvalue weighted by atomic mass is 9.75. The molecule has 0 radical (unpaired) electrons. The monoisotopic (exact) mass is 455 g/mol. The predicted octanol–water partition coefficient (Wildman–Crippen LogP) is 5.79. The molecule has 1 unspecified atom stereocenters. The highest BCUT2D eigenvalue weighted by Gasteiger charge is 2.43. The summed E-state index contributed by atoms with van der Waals surface area (Å²) in [5.41, 5.74) is 3.99. The average Bonchev–Trinajstić information content (AvgIpc) is 3.20. The van der Waals surface area contributed by atoms with Gasteiger partial charge in [-0.1, -0.05) is 58.4 Å². The van der Waals surface area contributed by atoms with E-state index >= 15 is 0 Å². The van der Waals surface area contributed by atoms with Crippen molar-refractivity contribution in [2.75, 3.05) is 0 Å². The molecule has 4 aromatic rings.